The summed E-state index contributed by atoms with van der Waals surface area (Å²) in [4.78, 5) is 0. The maximum atomic E-state index is 2.44. The van der Waals surface area contributed by atoms with Crippen molar-refractivity contribution in [2.75, 3.05) is 0 Å². The van der Waals surface area contributed by atoms with Gasteiger partial charge in [0.05, 0.1) is 0 Å². The summed E-state index contributed by atoms with van der Waals surface area (Å²) in [6.07, 6.45) is 2.84. The number of hydrogen-bond donors (Lipinski definition) is 0. The van der Waals surface area contributed by atoms with Crippen LogP contribution in [0, 0.1) is 23.2 Å². The molecule has 0 saturated heterocycles. The van der Waals surface area contributed by atoms with Gasteiger partial charge in [-0.05, 0) is 29.6 Å². The zero-order valence-corrected chi connectivity index (χ0v) is 8.65. The normalized spacial score (nSPS) is 35.5. The van der Waals surface area contributed by atoms with Crippen molar-refractivity contribution in [2.24, 2.45) is 23.2 Å². The molecule has 0 bridgehead atoms. The summed E-state index contributed by atoms with van der Waals surface area (Å²) in [7, 11) is 0. The number of rotatable bonds is 2. The molecule has 1 aliphatic rings. The molecule has 1 unspecified atom stereocenters. The molecular formula is C11H22. The van der Waals surface area contributed by atoms with Crippen LogP contribution in [0.5, 0.6) is 0 Å². The van der Waals surface area contributed by atoms with E-state index in [-0.39, 0.29) is 0 Å². The van der Waals surface area contributed by atoms with Gasteiger partial charge in [0.2, 0.25) is 0 Å². The van der Waals surface area contributed by atoms with Crippen molar-refractivity contribution in [3.63, 3.8) is 0 Å². The molecule has 66 valence electrons. The third-order valence-electron chi connectivity index (χ3n) is 3.84. The van der Waals surface area contributed by atoms with Crippen molar-refractivity contribution in [1.29, 1.82) is 0 Å². The van der Waals surface area contributed by atoms with Crippen LogP contribution in [0.25, 0.3) is 0 Å². The van der Waals surface area contributed by atoms with Gasteiger partial charge in [-0.2, -0.15) is 0 Å². The topological polar surface area (TPSA) is 0 Å². The third kappa shape index (κ3) is 1.32. The van der Waals surface area contributed by atoms with Gasteiger partial charge in [0, 0.05) is 0 Å². The van der Waals surface area contributed by atoms with E-state index in [4.69, 9.17) is 0 Å². The van der Waals surface area contributed by atoms with Crippen molar-refractivity contribution in [1.82, 2.24) is 0 Å². The van der Waals surface area contributed by atoms with Crippen molar-refractivity contribution in [3.8, 4) is 0 Å². The molecule has 0 N–H and O–H groups in total. The van der Waals surface area contributed by atoms with E-state index in [2.05, 4.69) is 34.6 Å². The molecule has 0 aromatic rings. The van der Waals surface area contributed by atoms with Crippen LogP contribution >= 0.6 is 0 Å². The Hall–Kier alpha value is 0. The van der Waals surface area contributed by atoms with E-state index < -0.39 is 0 Å². The van der Waals surface area contributed by atoms with Crippen molar-refractivity contribution < 1.29 is 0 Å². The van der Waals surface area contributed by atoms with Gasteiger partial charge in [-0.25, -0.2) is 0 Å². The SMILES string of the molecule is CC[C@@H]1CC(C(C)C)C1(C)C. The highest BCUT2D eigenvalue weighted by Gasteiger charge is 2.47. The second-order valence-electron chi connectivity index (χ2n) is 5.01. The fourth-order valence-corrected chi connectivity index (χ4v) is 2.88. The van der Waals surface area contributed by atoms with Gasteiger partial charge < -0.3 is 0 Å². The van der Waals surface area contributed by atoms with Crippen molar-refractivity contribution >= 4 is 0 Å². The summed E-state index contributed by atoms with van der Waals surface area (Å²) in [5.74, 6) is 2.86. The molecule has 1 aliphatic carbocycles. The lowest BCUT2D eigenvalue weighted by Crippen LogP contribution is -2.46. The van der Waals surface area contributed by atoms with Gasteiger partial charge in [0.25, 0.3) is 0 Å². The van der Waals surface area contributed by atoms with Crippen LogP contribution < -0.4 is 0 Å². The molecule has 1 fully saturated rings. The highest BCUT2D eigenvalue weighted by atomic mass is 14.5. The molecule has 0 nitrogen and oxygen atoms in total. The predicted octanol–water partition coefficient (Wildman–Crippen LogP) is 3.71. The van der Waals surface area contributed by atoms with Gasteiger partial charge in [-0.1, -0.05) is 41.0 Å². The Morgan fingerprint density at radius 3 is 2.18 bits per heavy atom. The van der Waals surface area contributed by atoms with Crippen LogP contribution in [0.4, 0.5) is 0 Å². The standard InChI is InChI=1S/C11H22/c1-6-9-7-10(8(2)3)11(9,4)5/h8-10H,6-7H2,1-5H3/t9-,10?/m1/s1. The second kappa shape index (κ2) is 2.80. The molecule has 0 radical (unpaired) electrons. The first kappa shape index (κ1) is 9.09. The molecule has 11 heavy (non-hydrogen) atoms. The Bertz CT molecular complexity index is 133. The summed E-state index contributed by atoms with van der Waals surface area (Å²) in [5, 5.41) is 0. The van der Waals surface area contributed by atoms with Crippen LogP contribution in [0.2, 0.25) is 0 Å². The summed E-state index contributed by atoms with van der Waals surface area (Å²) in [6, 6.07) is 0. The Morgan fingerprint density at radius 2 is 1.91 bits per heavy atom. The van der Waals surface area contributed by atoms with E-state index in [1.54, 1.807) is 0 Å². The molecule has 0 aromatic heterocycles. The fourth-order valence-electron chi connectivity index (χ4n) is 2.88. The maximum absolute atomic E-state index is 2.44. The van der Waals surface area contributed by atoms with Crippen LogP contribution in [0.1, 0.15) is 47.5 Å². The smallest absolute Gasteiger partial charge is 0.0295 e. The zero-order chi connectivity index (χ0) is 8.65. The van der Waals surface area contributed by atoms with E-state index in [1.807, 2.05) is 0 Å². The average Bonchev–Trinajstić information content (AvgIpc) is 1.85. The minimum Gasteiger partial charge on any atom is -0.0651 e. The monoisotopic (exact) mass is 154 g/mol. The molecule has 0 aromatic carbocycles. The quantitative estimate of drug-likeness (QED) is 0.568. The highest BCUT2D eigenvalue weighted by molar-refractivity contribution is 4.96. The van der Waals surface area contributed by atoms with Gasteiger partial charge in [0.15, 0.2) is 0 Å². The van der Waals surface area contributed by atoms with E-state index in [9.17, 15) is 0 Å². The van der Waals surface area contributed by atoms with Crippen LogP contribution in [0.3, 0.4) is 0 Å². The lowest BCUT2D eigenvalue weighted by molar-refractivity contribution is -0.0503. The average molecular weight is 154 g/mol. The Labute approximate surface area is 71.4 Å². The maximum Gasteiger partial charge on any atom is -0.0295 e. The fraction of sp³-hybridized carbons (Fsp3) is 1.00. The lowest BCUT2D eigenvalue weighted by atomic mass is 9.51. The van der Waals surface area contributed by atoms with E-state index in [0.717, 1.165) is 17.8 Å². The molecule has 0 amide bonds. The molecule has 0 heteroatoms. The van der Waals surface area contributed by atoms with Gasteiger partial charge >= 0.3 is 0 Å². The second-order valence-corrected chi connectivity index (χ2v) is 5.01. The van der Waals surface area contributed by atoms with Crippen LogP contribution in [0.15, 0.2) is 0 Å². The summed E-state index contributed by atoms with van der Waals surface area (Å²) in [5.41, 5.74) is 0.628. The minimum atomic E-state index is 0.628. The summed E-state index contributed by atoms with van der Waals surface area (Å²) >= 11 is 0. The van der Waals surface area contributed by atoms with E-state index in [1.165, 1.54) is 12.8 Å². The van der Waals surface area contributed by atoms with Crippen LogP contribution in [-0.2, 0) is 0 Å². The largest absolute Gasteiger partial charge is 0.0651 e. The molecular weight excluding hydrogens is 132 g/mol. The molecule has 0 heterocycles. The minimum absolute atomic E-state index is 0.628. The molecule has 2 atom stereocenters. The van der Waals surface area contributed by atoms with Crippen molar-refractivity contribution in [3.05, 3.63) is 0 Å². The first-order chi connectivity index (χ1) is 5.00. The van der Waals surface area contributed by atoms with E-state index >= 15 is 0 Å². The molecule has 0 spiro atoms. The Kier molecular flexibility index (Phi) is 2.32. The van der Waals surface area contributed by atoms with Gasteiger partial charge in [-0.3, -0.25) is 0 Å². The Morgan fingerprint density at radius 1 is 1.36 bits per heavy atom. The summed E-state index contributed by atoms with van der Waals surface area (Å²) < 4.78 is 0. The van der Waals surface area contributed by atoms with Gasteiger partial charge in [-0.15, -0.1) is 0 Å². The van der Waals surface area contributed by atoms with Gasteiger partial charge in [0.1, 0.15) is 0 Å². The van der Waals surface area contributed by atoms with E-state index in [0.29, 0.717) is 5.41 Å². The summed E-state index contributed by atoms with van der Waals surface area (Å²) in [6.45, 7) is 11.9. The first-order valence-corrected chi connectivity index (χ1v) is 5.00. The third-order valence-corrected chi connectivity index (χ3v) is 3.84. The first-order valence-electron chi connectivity index (χ1n) is 5.00. The molecule has 1 saturated carbocycles. The Balaban J connectivity index is 2.54. The van der Waals surface area contributed by atoms with Crippen molar-refractivity contribution in [2.45, 2.75) is 47.5 Å². The molecule has 1 rings (SSSR count). The molecule has 0 aliphatic heterocycles. The predicted molar refractivity (Wildman–Crippen MR) is 50.5 cm³/mol. The zero-order valence-electron chi connectivity index (χ0n) is 8.65. The van der Waals surface area contributed by atoms with Crippen LogP contribution in [-0.4, -0.2) is 0 Å². The number of hydrogen-bond acceptors (Lipinski definition) is 0. The highest BCUT2D eigenvalue weighted by Crippen LogP contribution is 2.55. The lowest BCUT2D eigenvalue weighted by Gasteiger charge is -2.54.